The zero-order chi connectivity index (χ0) is 16.8. The predicted octanol–water partition coefficient (Wildman–Crippen LogP) is 3.32. The van der Waals surface area contributed by atoms with Crippen LogP contribution >= 0.6 is 24.4 Å². The van der Waals surface area contributed by atoms with Crippen molar-refractivity contribution in [3.8, 4) is 0 Å². The first-order chi connectivity index (χ1) is 11.0. The van der Waals surface area contributed by atoms with Gasteiger partial charge in [0.25, 0.3) is 0 Å². The number of hydrogen-bond acceptors (Lipinski definition) is 2. The number of anilines is 1. The summed E-state index contributed by atoms with van der Waals surface area (Å²) in [6.45, 7) is 4.55. The highest BCUT2D eigenvalue weighted by molar-refractivity contribution is 7.80. The van der Waals surface area contributed by atoms with Crippen molar-refractivity contribution in [1.29, 1.82) is 0 Å². The monoisotopic (exact) mass is 354 g/mol. The minimum atomic E-state index is -0.284. The molecular formula is C16H23FN4S2. The first-order valence-electron chi connectivity index (χ1n) is 7.85. The Balaban J connectivity index is 1.73. The second kappa shape index (κ2) is 8.40. The van der Waals surface area contributed by atoms with Gasteiger partial charge in [-0.2, -0.15) is 0 Å². The Bertz CT molecular complexity index is 550. The van der Waals surface area contributed by atoms with Crippen LogP contribution in [0.4, 0.5) is 10.1 Å². The van der Waals surface area contributed by atoms with Crippen molar-refractivity contribution in [1.82, 2.24) is 16.2 Å². The van der Waals surface area contributed by atoms with E-state index in [1.54, 1.807) is 12.1 Å². The topological polar surface area (TPSA) is 48.1 Å². The lowest BCUT2D eigenvalue weighted by molar-refractivity contribution is 0.224. The van der Waals surface area contributed by atoms with E-state index in [-0.39, 0.29) is 5.82 Å². The van der Waals surface area contributed by atoms with Crippen LogP contribution in [-0.4, -0.2) is 16.3 Å². The quantitative estimate of drug-likeness (QED) is 0.483. The van der Waals surface area contributed by atoms with E-state index >= 15 is 0 Å². The molecule has 1 aromatic rings. The second-order valence-electron chi connectivity index (χ2n) is 6.06. The lowest BCUT2D eigenvalue weighted by Crippen LogP contribution is -2.53. The molecule has 1 aliphatic carbocycles. The first-order valence-corrected chi connectivity index (χ1v) is 8.66. The van der Waals surface area contributed by atoms with Crippen molar-refractivity contribution in [2.24, 2.45) is 11.8 Å². The van der Waals surface area contributed by atoms with Gasteiger partial charge in [-0.1, -0.05) is 26.7 Å². The summed E-state index contributed by atoms with van der Waals surface area (Å²) < 4.78 is 12.8. The number of hydrazine groups is 1. The number of thiocarbonyl (C=S) groups is 2. The molecule has 4 nitrogen and oxygen atoms in total. The Hall–Kier alpha value is -1.47. The van der Waals surface area contributed by atoms with Crippen molar-refractivity contribution in [2.45, 2.75) is 39.2 Å². The largest absolute Gasteiger partial charge is 0.358 e. The predicted molar refractivity (Wildman–Crippen MR) is 101 cm³/mol. The maximum absolute atomic E-state index is 12.8. The third-order valence-electron chi connectivity index (χ3n) is 4.41. The third-order valence-corrected chi connectivity index (χ3v) is 4.84. The third kappa shape index (κ3) is 5.58. The van der Waals surface area contributed by atoms with Crippen LogP contribution in [0.5, 0.6) is 0 Å². The molecule has 4 N–H and O–H groups in total. The fraction of sp³-hybridized carbons (Fsp3) is 0.500. The van der Waals surface area contributed by atoms with E-state index in [0.717, 1.165) is 6.42 Å². The molecular weight excluding hydrogens is 331 g/mol. The molecule has 1 aliphatic rings. The van der Waals surface area contributed by atoms with Crippen molar-refractivity contribution in [3.05, 3.63) is 30.1 Å². The van der Waals surface area contributed by atoms with E-state index in [1.807, 2.05) is 0 Å². The number of nitrogens with one attached hydrogen (secondary N) is 4. The van der Waals surface area contributed by atoms with Crippen LogP contribution in [0, 0.1) is 17.7 Å². The zero-order valence-corrected chi connectivity index (χ0v) is 15.0. The van der Waals surface area contributed by atoms with Gasteiger partial charge in [0.1, 0.15) is 5.82 Å². The molecule has 0 radical (unpaired) electrons. The van der Waals surface area contributed by atoms with E-state index in [1.165, 1.54) is 25.0 Å². The summed E-state index contributed by atoms with van der Waals surface area (Å²) in [7, 11) is 0. The minimum absolute atomic E-state index is 0.284. The minimum Gasteiger partial charge on any atom is -0.358 e. The average Bonchev–Trinajstić information content (AvgIpc) is 2.52. The molecule has 23 heavy (non-hydrogen) atoms. The van der Waals surface area contributed by atoms with Crippen LogP contribution in [0.25, 0.3) is 0 Å². The molecule has 7 heteroatoms. The van der Waals surface area contributed by atoms with Crippen molar-refractivity contribution in [2.75, 3.05) is 5.32 Å². The molecule has 0 aliphatic heterocycles. The number of hydrogen-bond donors (Lipinski definition) is 4. The van der Waals surface area contributed by atoms with Gasteiger partial charge in [-0.25, -0.2) is 4.39 Å². The van der Waals surface area contributed by atoms with Crippen LogP contribution in [0.1, 0.15) is 33.1 Å². The summed E-state index contributed by atoms with van der Waals surface area (Å²) in [5.41, 5.74) is 6.43. The van der Waals surface area contributed by atoms with Crippen LogP contribution in [0.3, 0.4) is 0 Å². The van der Waals surface area contributed by atoms with Gasteiger partial charge in [0.05, 0.1) is 0 Å². The summed E-state index contributed by atoms with van der Waals surface area (Å²) in [6.07, 6.45) is 3.64. The van der Waals surface area contributed by atoms with E-state index in [0.29, 0.717) is 33.8 Å². The van der Waals surface area contributed by atoms with E-state index < -0.39 is 0 Å². The number of halogens is 1. The standard InChI is InChI=1S/C16H23FN4S2/c1-10-4-3-5-14(11(10)2)19-16(23)21-20-15(22)18-13-8-6-12(17)7-9-13/h6-11,14H,3-5H2,1-2H3,(H2,18,20,22)(H2,19,21,23)/t10-,11-,14-/m1/s1. The zero-order valence-electron chi connectivity index (χ0n) is 13.4. The van der Waals surface area contributed by atoms with Crippen molar-refractivity contribution in [3.63, 3.8) is 0 Å². The van der Waals surface area contributed by atoms with E-state index in [2.05, 4.69) is 35.3 Å². The lowest BCUT2D eigenvalue weighted by Gasteiger charge is -2.35. The highest BCUT2D eigenvalue weighted by atomic mass is 32.1. The SMILES string of the molecule is C[C@@H]1[C@H](C)CCC[C@H]1NC(=S)NNC(=S)Nc1ccc(F)cc1. The fourth-order valence-electron chi connectivity index (χ4n) is 2.80. The summed E-state index contributed by atoms with van der Waals surface area (Å²) in [5.74, 6) is 1.01. The van der Waals surface area contributed by atoms with Crippen LogP contribution < -0.4 is 21.5 Å². The normalized spacial score (nSPS) is 23.7. The summed E-state index contributed by atoms with van der Waals surface area (Å²) >= 11 is 10.5. The molecule has 1 fully saturated rings. The Kier molecular flexibility index (Phi) is 6.53. The average molecular weight is 355 g/mol. The van der Waals surface area contributed by atoms with Gasteiger partial charge in [-0.3, -0.25) is 10.9 Å². The molecule has 1 saturated carbocycles. The van der Waals surface area contributed by atoms with Crippen LogP contribution in [-0.2, 0) is 0 Å². The molecule has 1 aromatic carbocycles. The van der Waals surface area contributed by atoms with Crippen LogP contribution in [0.15, 0.2) is 24.3 Å². The maximum Gasteiger partial charge on any atom is 0.189 e. The summed E-state index contributed by atoms with van der Waals surface area (Å²) in [6, 6.07) is 6.36. The second-order valence-corrected chi connectivity index (χ2v) is 6.87. The summed E-state index contributed by atoms with van der Waals surface area (Å²) in [5, 5.41) is 7.19. The Morgan fingerprint density at radius 1 is 1.04 bits per heavy atom. The molecule has 126 valence electrons. The number of benzene rings is 1. The molecule has 0 amide bonds. The molecule has 0 spiro atoms. The highest BCUT2D eigenvalue weighted by Crippen LogP contribution is 2.29. The Labute approximate surface area is 147 Å². The van der Waals surface area contributed by atoms with Gasteiger partial charge >= 0.3 is 0 Å². The molecule has 3 atom stereocenters. The van der Waals surface area contributed by atoms with Crippen LogP contribution in [0.2, 0.25) is 0 Å². The molecule has 0 bridgehead atoms. The Morgan fingerprint density at radius 3 is 2.39 bits per heavy atom. The fourth-order valence-corrected chi connectivity index (χ4v) is 3.17. The molecule has 0 aromatic heterocycles. The Morgan fingerprint density at radius 2 is 1.70 bits per heavy atom. The van der Waals surface area contributed by atoms with Gasteiger partial charge in [0.15, 0.2) is 10.2 Å². The smallest absolute Gasteiger partial charge is 0.189 e. The molecule has 0 heterocycles. The van der Waals surface area contributed by atoms with Crippen molar-refractivity contribution >= 4 is 40.3 Å². The van der Waals surface area contributed by atoms with Gasteiger partial charge in [-0.15, -0.1) is 0 Å². The van der Waals surface area contributed by atoms with Crippen molar-refractivity contribution < 1.29 is 4.39 Å². The highest BCUT2D eigenvalue weighted by Gasteiger charge is 2.27. The van der Waals surface area contributed by atoms with Gasteiger partial charge < -0.3 is 10.6 Å². The van der Waals surface area contributed by atoms with Gasteiger partial charge in [0, 0.05) is 11.7 Å². The molecule has 0 saturated heterocycles. The van der Waals surface area contributed by atoms with Gasteiger partial charge in [-0.05, 0) is 67.0 Å². The summed E-state index contributed by atoms with van der Waals surface area (Å²) in [4.78, 5) is 0. The molecule has 2 rings (SSSR count). The van der Waals surface area contributed by atoms with E-state index in [4.69, 9.17) is 24.4 Å². The molecule has 0 unspecified atom stereocenters. The lowest BCUT2D eigenvalue weighted by atomic mass is 9.78. The number of rotatable bonds is 2. The van der Waals surface area contributed by atoms with Gasteiger partial charge in [0.2, 0.25) is 0 Å². The first kappa shape index (κ1) is 17.9. The van der Waals surface area contributed by atoms with E-state index in [9.17, 15) is 4.39 Å². The maximum atomic E-state index is 12.8.